The molecule has 1 saturated carbocycles. The number of hydrogen-bond donors (Lipinski definition) is 1. The normalized spacial score (nSPS) is 27.1. The Bertz CT molecular complexity index is 226. The highest BCUT2D eigenvalue weighted by molar-refractivity contribution is 5.82. The van der Waals surface area contributed by atoms with Crippen LogP contribution in [0.3, 0.4) is 0 Å². The maximum absolute atomic E-state index is 12.1. The van der Waals surface area contributed by atoms with Crippen molar-refractivity contribution in [1.82, 2.24) is 10.2 Å². The van der Waals surface area contributed by atoms with Gasteiger partial charge in [0.2, 0.25) is 5.91 Å². The molecule has 15 heavy (non-hydrogen) atoms. The lowest BCUT2D eigenvalue weighted by molar-refractivity contribution is -0.136. The van der Waals surface area contributed by atoms with E-state index in [0.29, 0.717) is 5.91 Å². The molecule has 0 spiro atoms. The SMILES string of the molecule is CCCNC1CCCN(CC2CC2)C1=O. The third-order valence-corrected chi connectivity index (χ3v) is 3.35. The van der Waals surface area contributed by atoms with Crippen molar-refractivity contribution in [3.63, 3.8) is 0 Å². The number of nitrogens with zero attached hydrogens (tertiary/aromatic N) is 1. The maximum atomic E-state index is 12.1. The molecule has 0 bridgehead atoms. The zero-order chi connectivity index (χ0) is 10.7. The van der Waals surface area contributed by atoms with Crippen LogP contribution >= 0.6 is 0 Å². The molecule has 0 aromatic carbocycles. The minimum absolute atomic E-state index is 0.109. The number of rotatable bonds is 5. The summed E-state index contributed by atoms with van der Waals surface area (Å²) in [4.78, 5) is 14.1. The van der Waals surface area contributed by atoms with Gasteiger partial charge in [0.15, 0.2) is 0 Å². The molecule has 2 fully saturated rings. The molecule has 2 aliphatic rings. The number of nitrogens with one attached hydrogen (secondary N) is 1. The Kier molecular flexibility index (Phi) is 3.62. The zero-order valence-electron chi connectivity index (χ0n) is 9.67. The molecule has 2 rings (SSSR count). The Balaban J connectivity index is 1.81. The highest BCUT2D eigenvalue weighted by atomic mass is 16.2. The van der Waals surface area contributed by atoms with E-state index in [1.165, 1.54) is 19.3 Å². The second-order valence-corrected chi connectivity index (χ2v) is 4.88. The van der Waals surface area contributed by atoms with Gasteiger partial charge < -0.3 is 10.2 Å². The van der Waals surface area contributed by atoms with Crippen LogP contribution < -0.4 is 5.32 Å². The lowest BCUT2D eigenvalue weighted by Gasteiger charge is -2.32. The van der Waals surface area contributed by atoms with E-state index in [9.17, 15) is 4.79 Å². The summed E-state index contributed by atoms with van der Waals surface area (Å²) in [5, 5.41) is 3.35. The van der Waals surface area contributed by atoms with Crippen molar-refractivity contribution in [3.8, 4) is 0 Å². The fraction of sp³-hybridized carbons (Fsp3) is 0.917. The molecule has 1 saturated heterocycles. The molecule has 0 aromatic rings. The van der Waals surface area contributed by atoms with Crippen LogP contribution in [0.1, 0.15) is 39.0 Å². The summed E-state index contributed by atoms with van der Waals surface area (Å²) in [6.07, 6.45) is 5.96. The minimum atomic E-state index is 0.109. The molecular formula is C12H22N2O. The Morgan fingerprint density at radius 3 is 2.87 bits per heavy atom. The van der Waals surface area contributed by atoms with Crippen molar-refractivity contribution >= 4 is 5.91 Å². The van der Waals surface area contributed by atoms with Crippen molar-refractivity contribution in [2.24, 2.45) is 5.92 Å². The molecule has 1 amide bonds. The molecule has 3 heteroatoms. The Morgan fingerprint density at radius 2 is 2.20 bits per heavy atom. The van der Waals surface area contributed by atoms with Gasteiger partial charge in [0, 0.05) is 13.1 Å². The molecule has 1 aliphatic carbocycles. The van der Waals surface area contributed by atoms with E-state index in [1.54, 1.807) is 0 Å². The van der Waals surface area contributed by atoms with Crippen LogP contribution in [0.4, 0.5) is 0 Å². The van der Waals surface area contributed by atoms with Gasteiger partial charge >= 0.3 is 0 Å². The standard InChI is InChI=1S/C12H22N2O/c1-2-7-13-11-4-3-8-14(12(11)15)9-10-5-6-10/h10-11,13H,2-9H2,1H3. The Morgan fingerprint density at radius 1 is 1.40 bits per heavy atom. The fourth-order valence-electron chi connectivity index (χ4n) is 2.24. The van der Waals surface area contributed by atoms with Gasteiger partial charge in [-0.1, -0.05) is 6.92 Å². The summed E-state index contributed by atoms with van der Waals surface area (Å²) in [6.45, 7) is 5.11. The first-order valence-corrected chi connectivity index (χ1v) is 6.33. The summed E-state index contributed by atoms with van der Waals surface area (Å²) in [5.41, 5.74) is 0. The minimum Gasteiger partial charge on any atom is -0.341 e. The highest BCUT2D eigenvalue weighted by Crippen LogP contribution is 2.30. The summed E-state index contributed by atoms with van der Waals surface area (Å²) in [5.74, 6) is 1.17. The van der Waals surface area contributed by atoms with E-state index in [4.69, 9.17) is 0 Å². The average molecular weight is 210 g/mol. The van der Waals surface area contributed by atoms with Crippen molar-refractivity contribution in [2.75, 3.05) is 19.6 Å². The van der Waals surface area contributed by atoms with Crippen LogP contribution in [-0.4, -0.2) is 36.5 Å². The third-order valence-electron chi connectivity index (χ3n) is 3.35. The van der Waals surface area contributed by atoms with Crippen molar-refractivity contribution in [1.29, 1.82) is 0 Å². The van der Waals surface area contributed by atoms with Crippen LogP contribution in [0, 0.1) is 5.92 Å². The van der Waals surface area contributed by atoms with Crippen LogP contribution in [-0.2, 0) is 4.79 Å². The largest absolute Gasteiger partial charge is 0.341 e. The van der Waals surface area contributed by atoms with Gasteiger partial charge in [-0.05, 0) is 44.6 Å². The average Bonchev–Trinajstić information content (AvgIpc) is 3.03. The predicted molar refractivity (Wildman–Crippen MR) is 60.6 cm³/mol. The molecule has 1 atom stereocenters. The van der Waals surface area contributed by atoms with E-state index in [-0.39, 0.29) is 6.04 Å². The fourth-order valence-corrected chi connectivity index (χ4v) is 2.24. The number of hydrogen-bond acceptors (Lipinski definition) is 2. The summed E-state index contributed by atoms with van der Waals surface area (Å²) in [7, 11) is 0. The molecule has 1 unspecified atom stereocenters. The van der Waals surface area contributed by atoms with Gasteiger partial charge in [0.1, 0.15) is 0 Å². The van der Waals surface area contributed by atoms with Crippen molar-refractivity contribution in [3.05, 3.63) is 0 Å². The topological polar surface area (TPSA) is 32.3 Å². The van der Waals surface area contributed by atoms with Gasteiger partial charge in [0.05, 0.1) is 6.04 Å². The molecule has 1 aliphatic heterocycles. The first-order chi connectivity index (χ1) is 7.31. The second kappa shape index (κ2) is 4.97. The summed E-state index contributed by atoms with van der Waals surface area (Å²) in [6, 6.07) is 0.109. The summed E-state index contributed by atoms with van der Waals surface area (Å²) < 4.78 is 0. The third kappa shape index (κ3) is 2.94. The number of likely N-dealkylation sites (tertiary alicyclic amines) is 1. The number of amides is 1. The number of carbonyl (C=O) groups is 1. The van der Waals surface area contributed by atoms with Crippen molar-refractivity contribution < 1.29 is 4.79 Å². The Hall–Kier alpha value is -0.570. The lowest BCUT2D eigenvalue weighted by atomic mass is 10.0. The number of piperidine rings is 1. The lowest BCUT2D eigenvalue weighted by Crippen LogP contribution is -2.51. The molecular weight excluding hydrogens is 188 g/mol. The van der Waals surface area contributed by atoms with Crippen LogP contribution in [0.2, 0.25) is 0 Å². The predicted octanol–water partition coefficient (Wildman–Crippen LogP) is 1.39. The molecule has 0 radical (unpaired) electrons. The quantitative estimate of drug-likeness (QED) is 0.743. The molecule has 1 heterocycles. The van der Waals surface area contributed by atoms with Crippen LogP contribution in [0.25, 0.3) is 0 Å². The number of carbonyl (C=O) groups excluding carboxylic acids is 1. The van der Waals surface area contributed by atoms with E-state index in [2.05, 4.69) is 17.1 Å². The van der Waals surface area contributed by atoms with E-state index in [1.807, 2.05) is 0 Å². The van der Waals surface area contributed by atoms with Gasteiger partial charge in [-0.15, -0.1) is 0 Å². The van der Waals surface area contributed by atoms with E-state index >= 15 is 0 Å². The highest BCUT2D eigenvalue weighted by Gasteiger charge is 2.32. The van der Waals surface area contributed by atoms with Crippen LogP contribution in [0.5, 0.6) is 0 Å². The van der Waals surface area contributed by atoms with E-state index < -0.39 is 0 Å². The van der Waals surface area contributed by atoms with Crippen molar-refractivity contribution in [2.45, 2.75) is 45.1 Å². The van der Waals surface area contributed by atoms with Gasteiger partial charge in [-0.2, -0.15) is 0 Å². The molecule has 86 valence electrons. The van der Waals surface area contributed by atoms with Gasteiger partial charge in [-0.3, -0.25) is 4.79 Å². The molecule has 0 aromatic heterocycles. The monoisotopic (exact) mass is 210 g/mol. The molecule has 1 N–H and O–H groups in total. The van der Waals surface area contributed by atoms with Gasteiger partial charge in [-0.25, -0.2) is 0 Å². The van der Waals surface area contributed by atoms with E-state index in [0.717, 1.165) is 38.4 Å². The maximum Gasteiger partial charge on any atom is 0.239 e. The smallest absolute Gasteiger partial charge is 0.239 e. The molecule has 3 nitrogen and oxygen atoms in total. The zero-order valence-corrected chi connectivity index (χ0v) is 9.67. The second-order valence-electron chi connectivity index (χ2n) is 4.88. The van der Waals surface area contributed by atoms with Crippen LogP contribution in [0.15, 0.2) is 0 Å². The van der Waals surface area contributed by atoms with Gasteiger partial charge in [0.25, 0.3) is 0 Å². The Labute approximate surface area is 92.2 Å². The first kappa shape index (κ1) is 10.9. The summed E-state index contributed by atoms with van der Waals surface area (Å²) >= 11 is 0. The first-order valence-electron chi connectivity index (χ1n) is 6.33.